The fourth-order valence-corrected chi connectivity index (χ4v) is 3.43. The van der Waals surface area contributed by atoms with Crippen molar-refractivity contribution in [2.75, 3.05) is 19.7 Å². The van der Waals surface area contributed by atoms with E-state index in [1.807, 2.05) is 0 Å². The molecule has 2 atom stereocenters. The van der Waals surface area contributed by atoms with E-state index in [1.54, 1.807) is 0 Å². The molecule has 0 aromatic heterocycles. The molecular formula is C16H23NO2. The van der Waals surface area contributed by atoms with Gasteiger partial charge < -0.3 is 9.84 Å². The molecule has 0 bridgehead atoms. The highest BCUT2D eigenvalue weighted by atomic mass is 16.5. The molecule has 1 fully saturated rings. The van der Waals surface area contributed by atoms with Crippen LogP contribution in [-0.2, 0) is 0 Å². The molecule has 19 heavy (non-hydrogen) atoms. The van der Waals surface area contributed by atoms with Crippen molar-refractivity contribution < 1.29 is 9.84 Å². The van der Waals surface area contributed by atoms with Gasteiger partial charge in [-0.05, 0) is 51.4 Å². The van der Waals surface area contributed by atoms with Crippen molar-refractivity contribution in [2.24, 2.45) is 0 Å². The van der Waals surface area contributed by atoms with E-state index in [2.05, 4.69) is 30.9 Å². The summed E-state index contributed by atoms with van der Waals surface area (Å²) in [6.07, 6.45) is 3.38. The highest BCUT2D eigenvalue weighted by Crippen LogP contribution is 2.38. The van der Waals surface area contributed by atoms with Crippen molar-refractivity contribution in [3.8, 4) is 5.75 Å². The number of nitrogens with zero attached hydrogens (tertiary/aromatic N) is 1. The molecule has 2 unspecified atom stereocenters. The third-order valence-corrected chi connectivity index (χ3v) is 4.39. The third-order valence-electron chi connectivity index (χ3n) is 4.39. The van der Waals surface area contributed by atoms with Gasteiger partial charge in [-0.3, -0.25) is 4.90 Å². The normalized spacial score (nSPS) is 27.7. The monoisotopic (exact) mass is 261 g/mol. The van der Waals surface area contributed by atoms with Gasteiger partial charge in [0.25, 0.3) is 0 Å². The Bertz CT molecular complexity index is 466. The van der Waals surface area contributed by atoms with Crippen molar-refractivity contribution in [1.82, 2.24) is 4.90 Å². The second-order valence-corrected chi connectivity index (χ2v) is 5.92. The zero-order valence-corrected chi connectivity index (χ0v) is 11.9. The van der Waals surface area contributed by atoms with Crippen LogP contribution in [0.3, 0.4) is 0 Å². The summed E-state index contributed by atoms with van der Waals surface area (Å²) in [5.74, 6) is 0.895. The van der Waals surface area contributed by atoms with Gasteiger partial charge in [0.1, 0.15) is 18.5 Å². The van der Waals surface area contributed by atoms with Crippen LogP contribution in [0.15, 0.2) is 12.1 Å². The quantitative estimate of drug-likeness (QED) is 0.843. The zero-order valence-electron chi connectivity index (χ0n) is 11.9. The van der Waals surface area contributed by atoms with Gasteiger partial charge in [-0.2, -0.15) is 0 Å². The average molecular weight is 261 g/mol. The number of aliphatic hydroxyl groups excluding tert-OH is 1. The van der Waals surface area contributed by atoms with Crippen molar-refractivity contribution in [2.45, 2.75) is 45.3 Å². The van der Waals surface area contributed by atoms with E-state index in [0.717, 1.165) is 30.0 Å². The van der Waals surface area contributed by atoms with E-state index in [1.165, 1.54) is 24.8 Å². The molecular weight excluding hydrogens is 238 g/mol. The first-order valence-corrected chi connectivity index (χ1v) is 7.33. The largest absolute Gasteiger partial charge is 0.491 e. The lowest BCUT2D eigenvalue weighted by Gasteiger charge is -2.40. The maximum atomic E-state index is 10.7. The maximum Gasteiger partial charge on any atom is 0.128 e. The smallest absolute Gasteiger partial charge is 0.128 e. The van der Waals surface area contributed by atoms with Gasteiger partial charge in [-0.25, -0.2) is 0 Å². The molecule has 1 N–H and O–H groups in total. The predicted molar refractivity (Wildman–Crippen MR) is 75.6 cm³/mol. The van der Waals surface area contributed by atoms with Gasteiger partial charge >= 0.3 is 0 Å². The van der Waals surface area contributed by atoms with E-state index in [4.69, 9.17) is 4.74 Å². The van der Waals surface area contributed by atoms with Crippen LogP contribution in [0.25, 0.3) is 0 Å². The SMILES string of the molecule is Cc1cc(C)c2c(c1)C(O)C(N1CCCCC1)CO2. The third kappa shape index (κ3) is 2.37. The molecule has 0 amide bonds. The van der Waals surface area contributed by atoms with Gasteiger partial charge in [0.05, 0.1) is 6.04 Å². The Hall–Kier alpha value is -1.06. The minimum absolute atomic E-state index is 0.119. The molecule has 104 valence electrons. The van der Waals surface area contributed by atoms with E-state index in [-0.39, 0.29) is 6.04 Å². The molecule has 2 aliphatic rings. The number of ether oxygens (including phenoxy) is 1. The van der Waals surface area contributed by atoms with Gasteiger partial charge in [0.2, 0.25) is 0 Å². The lowest BCUT2D eigenvalue weighted by molar-refractivity contribution is -0.00465. The number of hydrogen-bond donors (Lipinski definition) is 1. The van der Waals surface area contributed by atoms with Crippen LogP contribution >= 0.6 is 0 Å². The van der Waals surface area contributed by atoms with Gasteiger partial charge in [0.15, 0.2) is 0 Å². The minimum Gasteiger partial charge on any atom is -0.491 e. The molecule has 0 radical (unpaired) electrons. The molecule has 0 aliphatic carbocycles. The number of piperidine rings is 1. The summed E-state index contributed by atoms with van der Waals surface area (Å²) in [7, 11) is 0. The molecule has 0 spiro atoms. The Morgan fingerprint density at radius 3 is 2.63 bits per heavy atom. The lowest BCUT2D eigenvalue weighted by Crippen LogP contribution is -2.48. The topological polar surface area (TPSA) is 32.7 Å². The molecule has 3 nitrogen and oxygen atoms in total. The van der Waals surface area contributed by atoms with Crippen LogP contribution in [-0.4, -0.2) is 35.7 Å². The molecule has 1 saturated heterocycles. The number of likely N-dealkylation sites (tertiary alicyclic amines) is 1. The second-order valence-electron chi connectivity index (χ2n) is 5.92. The van der Waals surface area contributed by atoms with Crippen molar-refractivity contribution in [1.29, 1.82) is 0 Å². The van der Waals surface area contributed by atoms with Crippen LogP contribution in [0.5, 0.6) is 5.75 Å². The Kier molecular flexibility index (Phi) is 3.50. The highest BCUT2D eigenvalue weighted by Gasteiger charge is 2.34. The highest BCUT2D eigenvalue weighted by molar-refractivity contribution is 5.46. The summed E-state index contributed by atoms with van der Waals surface area (Å²) in [5, 5.41) is 10.7. The van der Waals surface area contributed by atoms with Crippen molar-refractivity contribution in [3.63, 3.8) is 0 Å². The summed E-state index contributed by atoms with van der Waals surface area (Å²) < 4.78 is 5.94. The van der Waals surface area contributed by atoms with Crippen LogP contribution in [0.1, 0.15) is 42.1 Å². The number of hydrogen-bond acceptors (Lipinski definition) is 3. The second kappa shape index (κ2) is 5.14. The number of rotatable bonds is 1. The van der Waals surface area contributed by atoms with Gasteiger partial charge in [-0.15, -0.1) is 0 Å². The van der Waals surface area contributed by atoms with Crippen molar-refractivity contribution >= 4 is 0 Å². The Morgan fingerprint density at radius 1 is 1.16 bits per heavy atom. The summed E-state index contributed by atoms with van der Waals surface area (Å²) in [6.45, 7) is 6.92. The molecule has 1 aromatic carbocycles. The first kappa shape index (κ1) is 12.9. The van der Waals surface area contributed by atoms with Crippen LogP contribution in [0.2, 0.25) is 0 Å². The first-order chi connectivity index (χ1) is 9.16. The predicted octanol–water partition coefficient (Wildman–Crippen LogP) is 2.58. The van der Waals surface area contributed by atoms with E-state index in [0.29, 0.717) is 6.61 Å². The molecule has 3 rings (SSSR count). The molecule has 2 heterocycles. The van der Waals surface area contributed by atoms with Crippen LogP contribution < -0.4 is 4.74 Å². The Labute approximate surface area is 115 Å². The van der Waals surface area contributed by atoms with Gasteiger partial charge in [-0.1, -0.05) is 18.1 Å². The zero-order chi connectivity index (χ0) is 13.4. The standard InChI is InChI=1S/C16H23NO2/c1-11-8-12(2)16-13(9-11)15(18)14(10-19-16)17-6-4-3-5-7-17/h8-9,14-15,18H,3-7,10H2,1-2H3. The van der Waals surface area contributed by atoms with Gasteiger partial charge in [0, 0.05) is 5.56 Å². The van der Waals surface area contributed by atoms with Crippen LogP contribution in [0.4, 0.5) is 0 Å². The van der Waals surface area contributed by atoms with E-state index in [9.17, 15) is 5.11 Å². The van der Waals surface area contributed by atoms with Crippen molar-refractivity contribution in [3.05, 3.63) is 28.8 Å². The molecule has 1 aromatic rings. The first-order valence-electron chi connectivity index (χ1n) is 7.33. The summed E-state index contributed by atoms with van der Waals surface area (Å²) in [4.78, 5) is 2.40. The Morgan fingerprint density at radius 2 is 1.89 bits per heavy atom. The number of aliphatic hydroxyl groups is 1. The summed E-state index contributed by atoms with van der Waals surface area (Å²) >= 11 is 0. The molecule has 0 saturated carbocycles. The maximum absolute atomic E-state index is 10.7. The lowest BCUT2D eigenvalue weighted by atomic mass is 9.93. The van der Waals surface area contributed by atoms with E-state index < -0.39 is 6.10 Å². The summed E-state index contributed by atoms with van der Waals surface area (Å²) in [5.41, 5.74) is 3.30. The number of aryl methyl sites for hydroxylation is 2. The number of fused-ring (bicyclic) bond motifs is 1. The van der Waals surface area contributed by atoms with E-state index >= 15 is 0 Å². The summed E-state index contributed by atoms with van der Waals surface area (Å²) in [6, 6.07) is 4.31. The average Bonchev–Trinajstić information content (AvgIpc) is 2.41. The van der Waals surface area contributed by atoms with Crippen LogP contribution in [0, 0.1) is 13.8 Å². The molecule has 3 heteroatoms. The number of benzene rings is 1. The fraction of sp³-hybridized carbons (Fsp3) is 0.625. The minimum atomic E-state index is -0.416. The fourth-order valence-electron chi connectivity index (χ4n) is 3.43. The Balaban J connectivity index is 1.88. The molecule has 2 aliphatic heterocycles.